The summed E-state index contributed by atoms with van der Waals surface area (Å²) in [5.74, 6) is 0.373. The van der Waals surface area contributed by atoms with E-state index in [4.69, 9.17) is 4.42 Å². The van der Waals surface area contributed by atoms with Crippen LogP contribution < -0.4 is 4.72 Å². The summed E-state index contributed by atoms with van der Waals surface area (Å²) in [7, 11) is -3.73. The molecule has 0 aliphatic carbocycles. The van der Waals surface area contributed by atoms with E-state index in [0.717, 1.165) is 0 Å². The van der Waals surface area contributed by atoms with E-state index in [1.807, 2.05) is 13.8 Å². The summed E-state index contributed by atoms with van der Waals surface area (Å²) in [5.41, 5.74) is 1.32. The average molecular weight is 438 g/mol. The Morgan fingerprint density at radius 1 is 1.12 bits per heavy atom. The van der Waals surface area contributed by atoms with E-state index in [1.165, 1.54) is 19.1 Å². The van der Waals surface area contributed by atoms with E-state index in [0.29, 0.717) is 32.5 Å². The Kier molecular flexibility index (Phi) is 6.26. The smallest absolute Gasteiger partial charge is 0.261 e. The molecule has 7 heteroatoms. The lowest BCUT2D eigenvalue weighted by Crippen LogP contribution is -2.13. The molecule has 0 radical (unpaired) electrons. The number of carbonyl (C=O) groups excluding carboxylic acids is 1. The van der Waals surface area contributed by atoms with Crippen molar-refractivity contribution >= 4 is 48.4 Å². The fourth-order valence-corrected chi connectivity index (χ4v) is 4.20. The molecule has 0 bridgehead atoms. The van der Waals surface area contributed by atoms with Crippen LogP contribution in [0.1, 0.15) is 36.9 Å². The van der Waals surface area contributed by atoms with Crippen LogP contribution in [0.15, 0.2) is 56.2 Å². The lowest BCUT2D eigenvalue weighted by atomic mass is 10.1. The molecule has 0 saturated heterocycles. The van der Waals surface area contributed by atoms with E-state index < -0.39 is 10.0 Å². The second-order valence-corrected chi connectivity index (χ2v) is 7.87. The fraction of sp³-hybridized carbons (Fsp3) is 0.211. The first-order valence-electron chi connectivity index (χ1n) is 8.11. The Balaban J connectivity index is 0.00000117. The molecule has 1 aromatic heterocycles. The number of furan rings is 1. The monoisotopic (exact) mass is 437 g/mol. The molecule has 0 aliphatic rings. The van der Waals surface area contributed by atoms with Gasteiger partial charge in [0, 0.05) is 9.86 Å². The van der Waals surface area contributed by atoms with Crippen LogP contribution in [0.25, 0.3) is 11.0 Å². The van der Waals surface area contributed by atoms with Crippen LogP contribution in [0.5, 0.6) is 0 Å². The molecule has 0 spiro atoms. The molecule has 0 saturated carbocycles. The second kappa shape index (κ2) is 8.05. The number of sulfonamides is 1. The highest BCUT2D eigenvalue weighted by atomic mass is 79.9. The number of halogens is 1. The van der Waals surface area contributed by atoms with Gasteiger partial charge in [0.25, 0.3) is 10.0 Å². The third kappa shape index (κ3) is 3.99. The van der Waals surface area contributed by atoms with Crippen molar-refractivity contribution in [2.75, 3.05) is 4.72 Å². The Morgan fingerprint density at radius 2 is 1.73 bits per heavy atom. The third-order valence-corrected chi connectivity index (χ3v) is 5.64. The number of carbonyl (C=O) groups is 1. The zero-order valence-corrected chi connectivity index (χ0v) is 17.4. The molecule has 1 heterocycles. The average Bonchev–Trinajstić information content (AvgIpc) is 2.92. The first-order chi connectivity index (χ1) is 12.3. The molecule has 3 rings (SSSR count). The fourth-order valence-electron chi connectivity index (χ4n) is 2.56. The van der Waals surface area contributed by atoms with Crippen molar-refractivity contribution < 1.29 is 17.6 Å². The summed E-state index contributed by atoms with van der Waals surface area (Å²) < 4.78 is 33.6. The first-order valence-corrected chi connectivity index (χ1v) is 10.4. The van der Waals surface area contributed by atoms with Crippen LogP contribution in [-0.2, 0) is 10.0 Å². The molecule has 5 nitrogen and oxygen atoms in total. The first kappa shape index (κ1) is 20.2. The van der Waals surface area contributed by atoms with E-state index in [9.17, 15) is 13.2 Å². The largest absolute Gasteiger partial charge is 0.461 e. The van der Waals surface area contributed by atoms with E-state index in [2.05, 4.69) is 20.7 Å². The molecule has 138 valence electrons. The molecule has 2 aromatic carbocycles. The Bertz CT molecular complexity index is 1040. The zero-order valence-electron chi connectivity index (χ0n) is 15.0. The summed E-state index contributed by atoms with van der Waals surface area (Å²) in [4.78, 5) is 12.0. The summed E-state index contributed by atoms with van der Waals surface area (Å²) >= 11 is 3.34. The van der Waals surface area contributed by atoms with Crippen LogP contribution in [-0.4, -0.2) is 14.2 Å². The quantitative estimate of drug-likeness (QED) is 0.543. The number of fused-ring (bicyclic) bond motifs is 1. The van der Waals surface area contributed by atoms with Crippen LogP contribution in [0, 0.1) is 6.92 Å². The number of anilines is 1. The number of Topliss-reactive ketones (excluding diaryl/α,β-unsaturated/α-hetero) is 1. The Morgan fingerprint density at radius 3 is 2.31 bits per heavy atom. The maximum atomic E-state index is 12.5. The molecular weight excluding hydrogens is 418 g/mol. The molecule has 0 aliphatic heterocycles. The Labute approximate surface area is 161 Å². The van der Waals surface area contributed by atoms with Gasteiger partial charge in [-0.3, -0.25) is 9.52 Å². The number of rotatable bonds is 4. The lowest BCUT2D eigenvalue weighted by Gasteiger charge is -2.10. The van der Waals surface area contributed by atoms with Crippen molar-refractivity contribution in [1.82, 2.24) is 0 Å². The van der Waals surface area contributed by atoms with Gasteiger partial charge < -0.3 is 4.42 Å². The third-order valence-electron chi connectivity index (χ3n) is 3.60. The second-order valence-electron chi connectivity index (χ2n) is 5.34. The van der Waals surface area contributed by atoms with E-state index in [1.54, 1.807) is 37.3 Å². The van der Waals surface area contributed by atoms with Crippen molar-refractivity contribution in [1.29, 1.82) is 0 Å². The van der Waals surface area contributed by atoms with Gasteiger partial charge in [0.15, 0.2) is 5.78 Å². The topological polar surface area (TPSA) is 76.4 Å². The normalized spacial score (nSPS) is 11.0. The van der Waals surface area contributed by atoms with Crippen LogP contribution in [0.4, 0.5) is 5.69 Å². The van der Waals surface area contributed by atoms with Crippen molar-refractivity contribution in [2.24, 2.45) is 0 Å². The van der Waals surface area contributed by atoms with Crippen LogP contribution in [0.2, 0.25) is 0 Å². The van der Waals surface area contributed by atoms with E-state index >= 15 is 0 Å². The molecule has 0 fully saturated rings. The van der Waals surface area contributed by atoms with Gasteiger partial charge in [0.05, 0.1) is 16.1 Å². The highest BCUT2D eigenvalue weighted by Crippen LogP contribution is 2.34. The van der Waals surface area contributed by atoms with Gasteiger partial charge in [-0.2, -0.15) is 0 Å². The number of ketones is 1. The van der Waals surface area contributed by atoms with Crippen LogP contribution in [0.3, 0.4) is 0 Å². The lowest BCUT2D eigenvalue weighted by molar-refractivity contribution is 0.101. The highest BCUT2D eigenvalue weighted by Gasteiger charge is 2.20. The molecular formula is C19H20BrNO4S. The molecule has 26 heavy (non-hydrogen) atoms. The maximum absolute atomic E-state index is 12.5. The zero-order chi connectivity index (χ0) is 19.5. The molecule has 3 aromatic rings. The molecule has 0 amide bonds. The molecule has 0 atom stereocenters. The number of hydrogen-bond donors (Lipinski definition) is 1. The summed E-state index contributed by atoms with van der Waals surface area (Å²) in [6, 6.07) is 11.3. The Hall–Kier alpha value is -2.12. The van der Waals surface area contributed by atoms with Gasteiger partial charge in [-0.1, -0.05) is 32.0 Å². The number of nitrogens with one attached hydrogen (secondary N) is 1. The number of benzene rings is 2. The minimum atomic E-state index is -3.73. The highest BCUT2D eigenvalue weighted by molar-refractivity contribution is 9.10. The summed E-state index contributed by atoms with van der Waals surface area (Å²) in [6.07, 6.45) is 0. The minimum Gasteiger partial charge on any atom is -0.461 e. The predicted molar refractivity (Wildman–Crippen MR) is 107 cm³/mol. The van der Waals surface area contributed by atoms with Crippen molar-refractivity contribution in [3.63, 3.8) is 0 Å². The van der Waals surface area contributed by atoms with Gasteiger partial charge in [-0.25, -0.2) is 8.42 Å². The SMILES string of the molecule is CC.CC(=O)c1c(C)oc2cc(Br)c(NS(=O)(=O)c3ccccc3)cc12. The van der Waals surface area contributed by atoms with Gasteiger partial charge >= 0.3 is 0 Å². The number of hydrogen-bond acceptors (Lipinski definition) is 4. The minimum absolute atomic E-state index is 0.134. The van der Waals surface area contributed by atoms with Gasteiger partial charge in [0.2, 0.25) is 0 Å². The summed E-state index contributed by atoms with van der Waals surface area (Å²) in [5, 5.41) is 0.578. The standard InChI is InChI=1S/C17H14BrNO4S.C2H6/c1-10(20)17-11(2)23-16-9-14(18)15(8-13(16)17)19-24(21,22)12-6-4-3-5-7-12;1-2/h3-9,19H,1-2H3;1-2H3. The van der Waals surface area contributed by atoms with E-state index in [-0.39, 0.29) is 10.7 Å². The predicted octanol–water partition coefficient (Wildman–Crippen LogP) is 5.53. The molecule has 0 unspecified atom stereocenters. The summed E-state index contributed by atoms with van der Waals surface area (Å²) in [6.45, 7) is 7.16. The van der Waals surface area contributed by atoms with Gasteiger partial charge in [0.1, 0.15) is 11.3 Å². The van der Waals surface area contributed by atoms with Crippen LogP contribution >= 0.6 is 15.9 Å². The van der Waals surface area contributed by atoms with Gasteiger partial charge in [-0.05, 0) is 54.0 Å². The van der Waals surface area contributed by atoms with Crippen molar-refractivity contribution in [3.05, 3.63) is 58.3 Å². The molecule has 1 N–H and O–H groups in total. The number of aryl methyl sites for hydroxylation is 1. The van der Waals surface area contributed by atoms with Crippen molar-refractivity contribution in [2.45, 2.75) is 32.6 Å². The van der Waals surface area contributed by atoms with Gasteiger partial charge in [-0.15, -0.1) is 0 Å². The van der Waals surface area contributed by atoms with Crippen molar-refractivity contribution in [3.8, 4) is 0 Å². The maximum Gasteiger partial charge on any atom is 0.261 e.